The molecule has 0 fully saturated rings. The fourth-order valence-corrected chi connectivity index (χ4v) is 1.31. The van der Waals surface area contributed by atoms with Gasteiger partial charge in [-0.1, -0.05) is 5.92 Å². The van der Waals surface area contributed by atoms with Crippen molar-refractivity contribution in [3.05, 3.63) is 21.1 Å². The Bertz CT molecular complexity index is 469. The van der Waals surface area contributed by atoms with Gasteiger partial charge in [0.2, 0.25) is 11.1 Å². The zero-order valence-electron chi connectivity index (χ0n) is 8.69. The van der Waals surface area contributed by atoms with Gasteiger partial charge in [0, 0.05) is 0 Å². The molecule has 0 radical (unpaired) electrons. The van der Waals surface area contributed by atoms with Crippen LogP contribution in [-0.2, 0) is 0 Å². The number of nitrogens with zero attached hydrogens (tertiary/aromatic N) is 3. The molecule has 0 aromatic carbocycles. The first-order valence-corrected chi connectivity index (χ1v) is 4.74. The summed E-state index contributed by atoms with van der Waals surface area (Å²) in [6.45, 7) is 3.16. The van der Waals surface area contributed by atoms with Crippen LogP contribution in [0.1, 0.15) is 12.6 Å². The Hall–Kier alpha value is -1.87. The molecule has 6 nitrogen and oxygen atoms in total. The quantitative estimate of drug-likeness (QED) is 0.377. The molecule has 0 amide bonds. The van der Waals surface area contributed by atoms with Crippen LogP contribution in [0.3, 0.4) is 0 Å². The molecule has 1 rings (SSSR count). The van der Waals surface area contributed by atoms with Gasteiger partial charge in [-0.05, 0) is 25.4 Å². The highest BCUT2D eigenvalue weighted by atomic mass is 35.5. The average molecular weight is 241 g/mol. The zero-order chi connectivity index (χ0) is 12.3. The maximum Gasteiger partial charge on any atom is 0.332 e. The molecule has 1 unspecified atom stereocenters. The van der Waals surface area contributed by atoms with Crippen LogP contribution in [0.15, 0.2) is 0 Å². The van der Waals surface area contributed by atoms with Crippen LogP contribution in [0.2, 0.25) is 5.28 Å². The van der Waals surface area contributed by atoms with Gasteiger partial charge in [-0.3, -0.25) is 10.1 Å². The molecule has 1 heterocycles. The summed E-state index contributed by atoms with van der Waals surface area (Å²) in [7, 11) is 0. The lowest BCUT2D eigenvalue weighted by molar-refractivity contribution is -0.385. The molecule has 0 saturated heterocycles. The van der Waals surface area contributed by atoms with Crippen molar-refractivity contribution >= 4 is 23.1 Å². The van der Waals surface area contributed by atoms with E-state index in [0.29, 0.717) is 0 Å². The smallest absolute Gasteiger partial charge is 0.332 e. The summed E-state index contributed by atoms with van der Waals surface area (Å²) in [4.78, 5) is 17.7. The van der Waals surface area contributed by atoms with Crippen LogP contribution in [-0.4, -0.2) is 20.9 Å². The molecular weight excluding hydrogens is 232 g/mol. The van der Waals surface area contributed by atoms with Gasteiger partial charge in [-0.15, -0.1) is 6.42 Å². The summed E-state index contributed by atoms with van der Waals surface area (Å²) in [6, 6.07) is -0.385. The van der Waals surface area contributed by atoms with Crippen molar-refractivity contribution in [3.8, 4) is 12.3 Å². The van der Waals surface area contributed by atoms with E-state index in [1.165, 1.54) is 6.92 Å². The van der Waals surface area contributed by atoms with Crippen LogP contribution < -0.4 is 5.32 Å². The fraction of sp³-hybridized carbons (Fsp3) is 0.333. The Labute approximate surface area is 97.2 Å². The van der Waals surface area contributed by atoms with Crippen molar-refractivity contribution in [1.82, 2.24) is 9.97 Å². The second-order valence-corrected chi connectivity index (χ2v) is 3.40. The van der Waals surface area contributed by atoms with Gasteiger partial charge in [0.05, 0.1) is 11.0 Å². The molecule has 0 aliphatic heterocycles. The predicted octanol–water partition coefficient (Wildman–Crippen LogP) is 1.78. The largest absolute Gasteiger partial charge is 0.351 e. The molecule has 16 heavy (non-hydrogen) atoms. The first-order chi connectivity index (χ1) is 7.45. The number of nitro groups is 1. The molecule has 1 aromatic rings. The van der Waals surface area contributed by atoms with Crippen molar-refractivity contribution in [2.45, 2.75) is 19.9 Å². The zero-order valence-corrected chi connectivity index (χ0v) is 9.45. The van der Waals surface area contributed by atoms with E-state index >= 15 is 0 Å². The minimum absolute atomic E-state index is 0.0351. The van der Waals surface area contributed by atoms with Gasteiger partial charge in [0.25, 0.3) is 0 Å². The number of aryl methyl sites for hydroxylation is 1. The number of hydrogen-bond acceptors (Lipinski definition) is 5. The second-order valence-electron chi connectivity index (χ2n) is 3.07. The number of hydrogen-bond donors (Lipinski definition) is 1. The summed E-state index contributed by atoms with van der Waals surface area (Å²) >= 11 is 5.62. The highest BCUT2D eigenvalue weighted by Gasteiger charge is 2.22. The Balaban J connectivity index is 3.25. The molecule has 0 aliphatic rings. The van der Waals surface area contributed by atoms with Crippen LogP contribution >= 0.6 is 11.6 Å². The maximum atomic E-state index is 10.8. The number of anilines is 1. The van der Waals surface area contributed by atoms with Gasteiger partial charge in [0.15, 0.2) is 0 Å². The minimum atomic E-state index is -0.572. The predicted molar refractivity (Wildman–Crippen MR) is 60.4 cm³/mol. The summed E-state index contributed by atoms with van der Waals surface area (Å²) in [5, 5.41) is 13.5. The van der Waals surface area contributed by atoms with E-state index in [2.05, 4.69) is 21.2 Å². The lowest BCUT2D eigenvalue weighted by Crippen LogP contribution is -2.15. The second kappa shape index (κ2) is 4.77. The first kappa shape index (κ1) is 12.2. The topological polar surface area (TPSA) is 81.0 Å². The summed E-state index contributed by atoms with van der Waals surface area (Å²) in [6.07, 6.45) is 5.16. The van der Waals surface area contributed by atoms with Gasteiger partial charge in [-0.2, -0.15) is 4.98 Å². The first-order valence-electron chi connectivity index (χ1n) is 4.37. The number of halogens is 1. The fourth-order valence-electron chi connectivity index (χ4n) is 1.10. The summed E-state index contributed by atoms with van der Waals surface area (Å²) in [5.41, 5.74) is -0.0248. The van der Waals surface area contributed by atoms with Crippen molar-refractivity contribution in [1.29, 1.82) is 0 Å². The minimum Gasteiger partial charge on any atom is -0.351 e. The molecular formula is C9H9ClN4O2. The van der Waals surface area contributed by atoms with E-state index < -0.39 is 4.92 Å². The van der Waals surface area contributed by atoms with Crippen molar-refractivity contribution < 1.29 is 4.92 Å². The van der Waals surface area contributed by atoms with E-state index in [1.807, 2.05) is 0 Å². The standard InChI is InChI=1S/C9H9ClN4O2/c1-4-5(2)11-8-7(14(15)16)6(3)12-9(10)13-8/h1,5H,2-3H3,(H,11,12,13). The summed E-state index contributed by atoms with van der Waals surface area (Å²) in [5.74, 6) is 2.42. The SMILES string of the molecule is C#CC(C)Nc1nc(Cl)nc(C)c1[N+](=O)[O-]. The highest BCUT2D eigenvalue weighted by molar-refractivity contribution is 6.28. The van der Waals surface area contributed by atoms with Gasteiger partial charge >= 0.3 is 5.69 Å². The lowest BCUT2D eigenvalue weighted by Gasteiger charge is -2.09. The summed E-state index contributed by atoms with van der Waals surface area (Å²) < 4.78 is 0. The molecule has 0 saturated carbocycles. The van der Waals surface area contributed by atoms with Crippen molar-refractivity contribution in [3.63, 3.8) is 0 Å². The normalized spacial score (nSPS) is 11.6. The number of aromatic nitrogens is 2. The molecule has 0 aliphatic carbocycles. The molecule has 1 atom stereocenters. The third kappa shape index (κ3) is 2.58. The van der Waals surface area contributed by atoms with Crippen LogP contribution in [0.5, 0.6) is 0 Å². The average Bonchev–Trinajstić information content (AvgIpc) is 2.15. The number of rotatable bonds is 3. The highest BCUT2D eigenvalue weighted by Crippen LogP contribution is 2.26. The molecule has 7 heteroatoms. The number of nitrogens with one attached hydrogen (secondary N) is 1. The van der Waals surface area contributed by atoms with E-state index in [-0.39, 0.29) is 28.5 Å². The van der Waals surface area contributed by atoms with Crippen LogP contribution in [0.25, 0.3) is 0 Å². The molecule has 0 bridgehead atoms. The third-order valence-corrected chi connectivity index (χ3v) is 1.99. The van der Waals surface area contributed by atoms with E-state index in [9.17, 15) is 10.1 Å². The van der Waals surface area contributed by atoms with Gasteiger partial charge in [0.1, 0.15) is 5.69 Å². The Kier molecular flexibility index (Phi) is 3.64. The molecule has 1 N–H and O–H groups in total. The van der Waals surface area contributed by atoms with E-state index in [4.69, 9.17) is 18.0 Å². The molecule has 1 aromatic heterocycles. The van der Waals surface area contributed by atoms with Gasteiger partial charge in [-0.25, -0.2) is 4.98 Å². The van der Waals surface area contributed by atoms with Crippen LogP contribution in [0.4, 0.5) is 11.5 Å². The lowest BCUT2D eigenvalue weighted by atomic mass is 10.3. The maximum absolute atomic E-state index is 10.8. The Morgan fingerprint density at radius 1 is 1.62 bits per heavy atom. The van der Waals surface area contributed by atoms with Crippen molar-refractivity contribution in [2.24, 2.45) is 0 Å². The molecule has 0 spiro atoms. The van der Waals surface area contributed by atoms with Crippen LogP contribution in [0, 0.1) is 29.4 Å². The third-order valence-electron chi connectivity index (χ3n) is 1.82. The Morgan fingerprint density at radius 3 is 2.75 bits per heavy atom. The monoisotopic (exact) mass is 240 g/mol. The van der Waals surface area contributed by atoms with Gasteiger partial charge < -0.3 is 5.32 Å². The van der Waals surface area contributed by atoms with Crippen molar-refractivity contribution in [2.75, 3.05) is 5.32 Å². The van der Waals surface area contributed by atoms with E-state index in [0.717, 1.165) is 0 Å². The number of terminal acetylenes is 1. The molecule has 84 valence electrons. The van der Waals surface area contributed by atoms with E-state index in [1.54, 1.807) is 6.92 Å². The Morgan fingerprint density at radius 2 is 2.25 bits per heavy atom.